The highest BCUT2D eigenvalue weighted by molar-refractivity contribution is 6.46. The monoisotopic (exact) mass is 515 g/mol. The molecule has 1 atom stereocenters. The first kappa shape index (κ1) is 25.2. The van der Waals surface area contributed by atoms with Crippen LogP contribution in [0.15, 0.2) is 66.2 Å². The Hall–Kier alpha value is -4.46. The smallest absolute Gasteiger partial charge is 0.295 e. The number of ether oxygens (including phenoxy) is 4. The van der Waals surface area contributed by atoms with E-state index in [0.717, 1.165) is 11.1 Å². The SMILES string of the molecule is COc1cccc(C2/C(=C(\O)c3ccc(OC(C)C)c(C)c3)C(=O)C(=O)N2Cc2ccc3c(c2)OCO3)c1. The van der Waals surface area contributed by atoms with E-state index >= 15 is 0 Å². The second-order valence-electron chi connectivity index (χ2n) is 9.54. The molecule has 8 heteroatoms. The first-order valence-corrected chi connectivity index (χ1v) is 12.4. The number of carbonyl (C=O) groups is 2. The lowest BCUT2D eigenvalue weighted by Gasteiger charge is -2.26. The van der Waals surface area contributed by atoms with E-state index in [1.54, 1.807) is 55.6 Å². The number of aryl methyl sites for hydroxylation is 1. The molecule has 38 heavy (non-hydrogen) atoms. The molecule has 1 amide bonds. The van der Waals surface area contributed by atoms with Crippen LogP contribution in [-0.2, 0) is 16.1 Å². The summed E-state index contributed by atoms with van der Waals surface area (Å²) in [5, 5.41) is 11.4. The molecule has 0 radical (unpaired) electrons. The first-order chi connectivity index (χ1) is 18.3. The quantitative estimate of drug-likeness (QED) is 0.264. The fourth-order valence-corrected chi connectivity index (χ4v) is 4.78. The van der Waals surface area contributed by atoms with Gasteiger partial charge in [-0.05, 0) is 79.9 Å². The highest BCUT2D eigenvalue weighted by Crippen LogP contribution is 2.42. The molecule has 2 aliphatic rings. The standard InChI is InChI=1S/C30H29NO7/c1-17(2)38-23-11-9-21(12-18(23)3)28(32)26-27(20-6-5-7-22(14-20)35-4)31(30(34)29(26)33)15-19-8-10-24-25(13-19)37-16-36-24/h5-14,17,27,32H,15-16H2,1-4H3/b28-26+. The summed E-state index contributed by atoms with van der Waals surface area (Å²) in [6.45, 7) is 5.99. The van der Waals surface area contributed by atoms with Crippen molar-refractivity contribution in [3.63, 3.8) is 0 Å². The van der Waals surface area contributed by atoms with E-state index in [2.05, 4.69) is 0 Å². The van der Waals surface area contributed by atoms with Gasteiger partial charge in [-0.25, -0.2) is 0 Å². The Labute approximate surface area is 221 Å². The second-order valence-corrected chi connectivity index (χ2v) is 9.54. The van der Waals surface area contributed by atoms with Gasteiger partial charge in [0.1, 0.15) is 17.3 Å². The number of nitrogens with zero attached hydrogens (tertiary/aromatic N) is 1. The van der Waals surface area contributed by atoms with Crippen molar-refractivity contribution in [1.82, 2.24) is 4.90 Å². The van der Waals surface area contributed by atoms with Gasteiger partial charge < -0.3 is 29.0 Å². The topological polar surface area (TPSA) is 94.5 Å². The van der Waals surface area contributed by atoms with E-state index in [4.69, 9.17) is 18.9 Å². The van der Waals surface area contributed by atoms with Crippen LogP contribution >= 0.6 is 0 Å². The van der Waals surface area contributed by atoms with Crippen LogP contribution in [0.5, 0.6) is 23.0 Å². The number of rotatable bonds is 7. The van der Waals surface area contributed by atoms with Crippen LogP contribution < -0.4 is 18.9 Å². The number of carbonyl (C=O) groups excluding carboxylic acids is 2. The molecule has 196 valence electrons. The van der Waals surface area contributed by atoms with Crippen molar-refractivity contribution in [1.29, 1.82) is 0 Å². The Balaban J connectivity index is 1.60. The largest absolute Gasteiger partial charge is 0.507 e. The molecule has 0 aliphatic carbocycles. The van der Waals surface area contributed by atoms with E-state index in [1.807, 2.05) is 32.9 Å². The van der Waals surface area contributed by atoms with Gasteiger partial charge in [-0.3, -0.25) is 9.59 Å². The zero-order chi connectivity index (χ0) is 27.0. The summed E-state index contributed by atoms with van der Waals surface area (Å²) in [5.41, 5.74) is 2.64. The number of methoxy groups -OCH3 is 1. The molecule has 0 saturated carbocycles. The second kappa shape index (κ2) is 10.1. The maximum Gasteiger partial charge on any atom is 0.295 e. The molecule has 1 unspecified atom stereocenters. The molecule has 3 aromatic rings. The summed E-state index contributed by atoms with van der Waals surface area (Å²) in [7, 11) is 1.55. The van der Waals surface area contributed by atoms with Crippen molar-refractivity contribution < 1.29 is 33.6 Å². The lowest BCUT2D eigenvalue weighted by Crippen LogP contribution is -2.29. The Morgan fingerprint density at radius 3 is 2.58 bits per heavy atom. The molecule has 0 spiro atoms. The Morgan fingerprint density at radius 1 is 1.05 bits per heavy atom. The van der Waals surface area contributed by atoms with Gasteiger partial charge in [0.05, 0.1) is 24.8 Å². The number of hydrogen-bond acceptors (Lipinski definition) is 7. The van der Waals surface area contributed by atoms with Gasteiger partial charge in [-0.2, -0.15) is 0 Å². The van der Waals surface area contributed by atoms with Crippen molar-refractivity contribution in [3.05, 3.63) is 88.5 Å². The van der Waals surface area contributed by atoms with E-state index in [1.165, 1.54) is 4.90 Å². The molecule has 1 N–H and O–H groups in total. The maximum absolute atomic E-state index is 13.4. The minimum atomic E-state index is -0.831. The summed E-state index contributed by atoms with van der Waals surface area (Å²) in [4.78, 5) is 28.3. The predicted molar refractivity (Wildman–Crippen MR) is 140 cm³/mol. The van der Waals surface area contributed by atoms with Crippen molar-refractivity contribution >= 4 is 17.4 Å². The van der Waals surface area contributed by atoms with Crippen LogP contribution in [0.25, 0.3) is 5.76 Å². The number of amides is 1. The van der Waals surface area contributed by atoms with Crippen LogP contribution in [0.2, 0.25) is 0 Å². The van der Waals surface area contributed by atoms with Crippen LogP contribution in [0.3, 0.4) is 0 Å². The summed E-state index contributed by atoms with van der Waals surface area (Å²) in [6.07, 6.45) is -0.0114. The normalized spacial score (nSPS) is 17.8. The molecule has 1 fully saturated rings. The van der Waals surface area contributed by atoms with Crippen LogP contribution in [0, 0.1) is 6.92 Å². The third-order valence-electron chi connectivity index (χ3n) is 6.55. The van der Waals surface area contributed by atoms with Crippen molar-refractivity contribution in [2.45, 2.75) is 39.5 Å². The molecule has 3 aromatic carbocycles. The first-order valence-electron chi connectivity index (χ1n) is 12.4. The third kappa shape index (κ3) is 4.65. The minimum absolute atomic E-state index is 0.0114. The van der Waals surface area contributed by atoms with Crippen molar-refractivity contribution in [2.24, 2.45) is 0 Å². The van der Waals surface area contributed by atoms with Crippen molar-refractivity contribution in [2.75, 3.05) is 13.9 Å². The fourth-order valence-electron chi connectivity index (χ4n) is 4.78. The lowest BCUT2D eigenvalue weighted by atomic mass is 9.94. The fraction of sp³-hybridized carbons (Fsp3) is 0.267. The Kier molecular flexibility index (Phi) is 6.72. The molecule has 0 aromatic heterocycles. The van der Waals surface area contributed by atoms with E-state index in [-0.39, 0.29) is 30.8 Å². The third-order valence-corrected chi connectivity index (χ3v) is 6.55. The number of Topliss-reactive ketones (excluding diaryl/α,β-unsaturated/α-hetero) is 1. The zero-order valence-corrected chi connectivity index (χ0v) is 21.7. The number of aliphatic hydroxyl groups excluding tert-OH is 1. The Morgan fingerprint density at radius 2 is 1.84 bits per heavy atom. The summed E-state index contributed by atoms with van der Waals surface area (Å²) >= 11 is 0. The van der Waals surface area contributed by atoms with Gasteiger partial charge in [-0.15, -0.1) is 0 Å². The summed E-state index contributed by atoms with van der Waals surface area (Å²) in [5.74, 6) is 0.760. The summed E-state index contributed by atoms with van der Waals surface area (Å²) in [6, 6.07) is 16.9. The molecule has 8 nitrogen and oxygen atoms in total. The molecule has 5 rings (SSSR count). The number of aliphatic hydroxyl groups is 1. The number of benzene rings is 3. The highest BCUT2D eigenvalue weighted by Gasteiger charge is 2.46. The number of fused-ring (bicyclic) bond motifs is 1. The lowest BCUT2D eigenvalue weighted by molar-refractivity contribution is -0.140. The zero-order valence-electron chi connectivity index (χ0n) is 21.7. The van der Waals surface area contributed by atoms with E-state index < -0.39 is 17.7 Å². The van der Waals surface area contributed by atoms with Crippen LogP contribution in [-0.4, -0.2) is 41.7 Å². The van der Waals surface area contributed by atoms with E-state index in [9.17, 15) is 14.7 Å². The van der Waals surface area contributed by atoms with Gasteiger partial charge in [0.2, 0.25) is 6.79 Å². The number of ketones is 1. The predicted octanol–water partition coefficient (Wildman–Crippen LogP) is 5.14. The molecular weight excluding hydrogens is 486 g/mol. The van der Waals surface area contributed by atoms with Gasteiger partial charge in [0, 0.05) is 12.1 Å². The molecule has 1 saturated heterocycles. The molecular formula is C30H29NO7. The molecule has 2 heterocycles. The van der Waals surface area contributed by atoms with Crippen LogP contribution in [0.4, 0.5) is 0 Å². The summed E-state index contributed by atoms with van der Waals surface area (Å²) < 4.78 is 22.1. The van der Waals surface area contributed by atoms with Crippen molar-refractivity contribution in [3.8, 4) is 23.0 Å². The van der Waals surface area contributed by atoms with Gasteiger partial charge in [-0.1, -0.05) is 18.2 Å². The maximum atomic E-state index is 13.4. The Bertz CT molecular complexity index is 1440. The average Bonchev–Trinajstić information content (AvgIpc) is 3.47. The van der Waals surface area contributed by atoms with Crippen LogP contribution in [0.1, 0.15) is 42.1 Å². The minimum Gasteiger partial charge on any atom is -0.507 e. The van der Waals surface area contributed by atoms with Gasteiger partial charge in [0.15, 0.2) is 11.5 Å². The number of hydrogen-bond donors (Lipinski definition) is 1. The average molecular weight is 516 g/mol. The molecule has 2 aliphatic heterocycles. The van der Waals surface area contributed by atoms with Gasteiger partial charge >= 0.3 is 0 Å². The molecule has 0 bridgehead atoms. The highest BCUT2D eigenvalue weighted by atomic mass is 16.7. The van der Waals surface area contributed by atoms with E-state index in [0.29, 0.717) is 34.1 Å². The van der Waals surface area contributed by atoms with Gasteiger partial charge in [0.25, 0.3) is 11.7 Å². The number of likely N-dealkylation sites (tertiary alicyclic amines) is 1.